The van der Waals surface area contributed by atoms with Crippen molar-refractivity contribution < 1.29 is 13.2 Å². The molecule has 0 spiro atoms. The van der Waals surface area contributed by atoms with Crippen LogP contribution in [-0.4, -0.2) is 26.2 Å². The lowest BCUT2D eigenvalue weighted by atomic mass is 10.1. The summed E-state index contributed by atoms with van der Waals surface area (Å²) in [6.45, 7) is 0. The first-order chi connectivity index (χ1) is 6.81. The van der Waals surface area contributed by atoms with Crippen LogP contribution in [0.5, 0.6) is 0 Å². The summed E-state index contributed by atoms with van der Waals surface area (Å²) in [5, 5.41) is 0.242. The zero-order valence-corrected chi connectivity index (χ0v) is 11.0. The van der Waals surface area contributed by atoms with Crippen LogP contribution < -0.4 is 0 Å². The van der Waals surface area contributed by atoms with Gasteiger partial charge in [-0.05, 0) is 28.1 Å². The summed E-state index contributed by atoms with van der Waals surface area (Å²) in [5.74, 6) is -1.02. The van der Waals surface area contributed by atoms with Gasteiger partial charge in [-0.15, -0.1) is 0 Å². The minimum Gasteiger partial charge on any atom is -0.293 e. The van der Waals surface area contributed by atoms with Crippen molar-refractivity contribution in [3.63, 3.8) is 0 Å². The predicted octanol–water partition coefficient (Wildman–Crippen LogP) is 2.33. The highest BCUT2D eigenvalue weighted by Crippen LogP contribution is 2.26. The van der Waals surface area contributed by atoms with Crippen molar-refractivity contribution >= 4 is 43.2 Å². The van der Waals surface area contributed by atoms with Crippen LogP contribution in [0.25, 0.3) is 0 Å². The number of rotatable bonds is 3. The first-order valence-corrected chi connectivity index (χ1v) is 7.19. The van der Waals surface area contributed by atoms with Gasteiger partial charge in [0.1, 0.15) is 5.75 Å². The van der Waals surface area contributed by atoms with Crippen LogP contribution in [0.4, 0.5) is 0 Å². The summed E-state index contributed by atoms with van der Waals surface area (Å²) in [6, 6.07) is 4.81. The Morgan fingerprint density at radius 1 is 1.47 bits per heavy atom. The number of ketones is 1. The number of hydrogen-bond acceptors (Lipinski definition) is 3. The quantitative estimate of drug-likeness (QED) is 0.805. The molecule has 82 valence electrons. The highest BCUT2D eigenvalue weighted by Gasteiger charge is 2.16. The van der Waals surface area contributed by atoms with E-state index in [1.807, 2.05) is 0 Å². The zero-order chi connectivity index (χ0) is 11.6. The Labute approximate surface area is 101 Å². The van der Waals surface area contributed by atoms with E-state index in [0.717, 1.165) is 6.26 Å². The van der Waals surface area contributed by atoms with Gasteiger partial charge in [-0.25, -0.2) is 8.42 Å². The third-order valence-corrected chi connectivity index (χ3v) is 3.73. The predicted molar refractivity (Wildman–Crippen MR) is 63.2 cm³/mol. The smallest absolute Gasteiger partial charge is 0.179 e. The third kappa shape index (κ3) is 3.59. The highest BCUT2D eigenvalue weighted by atomic mass is 79.9. The molecule has 6 heteroatoms. The summed E-state index contributed by atoms with van der Waals surface area (Å²) in [6.07, 6.45) is 1.01. The second kappa shape index (κ2) is 4.63. The van der Waals surface area contributed by atoms with Crippen molar-refractivity contribution in [3.05, 3.63) is 33.3 Å². The fourth-order valence-electron chi connectivity index (χ4n) is 1.04. The normalized spacial score (nSPS) is 11.4. The van der Waals surface area contributed by atoms with E-state index in [-0.39, 0.29) is 10.6 Å². The van der Waals surface area contributed by atoms with Gasteiger partial charge in [0.25, 0.3) is 0 Å². The van der Waals surface area contributed by atoms with Gasteiger partial charge >= 0.3 is 0 Å². The van der Waals surface area contributed by atoms with Crippen molar-refractivity contribution in [3.8, 4) is 0 Å². The maximum Gasteiger partial charge on any atom is 0.179 e. The maximum absolute atomic E-state index is 11.5. The molecule has 0 unspecified atom stereocenters. The van der Waals surface area contributed by atoms with Crippen LogP contribution in [0, 0.1) is 0 Å². The van der Waals surface area contributed by atoms with Crippen LogP contribution in [0.15, 0.2) is 22.7 Å². The molecule has 0 aromatic heterocycles. The van der Waals surface area contributed by atoms with Gasteiger partial charge in [0.05, 0.1) is 5.02 Å². The summed E-state index contributed by atoms with van der Waals surface area (Å²) >= 11 is 9.01. The largest absolute Gasteiger partial charge is 0.293 e. The number of sulfone groups is 1. The van der Waals surface area contributed by atoms with Crippen LogP contribution in [0.2, 0.25) is 5.02 Å². The first-order valence-electron chi connectivity index (χ1n) is 3.96. The molecular weight excluding hydrogens is 304 g/mol. The second-order valence-corrected chi connectivity index (χ2v) is 6.47. The summed E-state index contributed by atoms with van der Waals surface area (Å²) in [7, 11) is -3.32. The molecule has 0 atom stereocenters. The molecule has 0 fully saturated rings. The maximum atomic E-state index is 11.5. The van der Waals surface area contributed by atoms with Gasteiger partial charge in [-0.2, -0.15) is 0 Å². The highest BCUT2D eigenvalue weighted by molar-refractivity contribution is 9.10. The lowest BCUT2D eigenvalue weighted by Crippen LogP contribution is -2.14. The van der Waals surface area contributed by atoms with Crippen molar-refractivity contribution in [2.75, 3.05) is 12.0 Å². The Hall–Kier alpha value is -0.390. The van der Waals surface area contributed by atoms with Gasteiger partial charge in [0.2, 0.25) is 0 Å². The summed E-state index contributed by atoms with van der Waals surface area (Å²) in [5.41, 5.74) is 0.219. The fraction of sp³-hybridized carbons (Fsp3) is 0.222. The van der Waals surface area contributed by atoms with E-state index in [1.54, 1.807) is 12.1 Å². The van der Waals surface area contributed by atoms with Crippen molar-refractivity contribution in [1.82, 2.24) is 0 Å². The fourth-order valence-corrected chi connectivity index (χ4v) is 2.26. The van der Waals surface area contributed by atoms with E-state index in [2.05, 4.69) is 15.9 Å². The molecule has 3 nitrogen and oxygen atoms in total. The SMILES string of the molecule is CS(=O)(=O)CC(=O)c1cccc(Br)c1Cl. The average molecular weight is 312 g/mol. The van der Waals surface area contributed by atoms with Crippen molar-refractivity contribution in [2.24, 2.45) is 0 Å². The lowest BCUT2D eigenvalue weighted by Gasteiger charge is -2.03. The van der Waals surface area contributed by atoms with Crippen LogP contribution in [0.3, 0.4) is 0 Å². The third-order valence-electron chi connectivity index (χ3n) is 1.65. The molecule has 1 aromatic rings. The van der Waals surface area contributed by atoms with Crippen LogP contribution >= 0.6 is 27.5 Å². The zero-order valence-electron chi connectivity index (χ0n) is 7.83. The Bertz CT molecular complexity index is 496. The van der Waals surface area contributed by atoms with Gasteiger partial charge in [0.15, 0.2) is 15.6 Å². The molecule has 0 N–H and O–H groups in total. The molecule has 0 saturated carbocycles. The second-order valence-electron chi connectivity index (χ2n) is 3.09. The summed E-state index contributed by atoms with van der Waals surface area (Å²) < 4.78 is 22.4. The van der Waals surface area contributed by atoms with Crippen LogP contribution in [0.1, 0.15) is 10.4 Å². The molecule has 0 heterocycles. The molecule has 1 aromatic carbocycles. The Kier molecular flexibility index (Phi) is 3.92. The lowest BCUT2D eigenvalue weighted by molar-refractivity contribution is 0.102. The van der Waals surface area contributed by atoms with Crippen LogP contribution in [-0.2, 0) is 9.84 Å². The van der Waals surface area contributed by atoms with E-state index in [4.69, 9.17) is 11.6 Å². The Morgan fingerprint density at radius 3 is 2.60 bits per heavy atom. The van der Waals surface area contributed by atoms with Gasteiger partial charge in [0, 0.05) is 16.3 Å². The number of benzene rings is 1. The van der Waals surface area contributed by atoms with Gasteiger partial charge < -0.3 is 0 Å². The molecule has 0 aliphatic rings. The molecule has 1 rings (SSSR count). The van der Waals surface area contributed by atoms with Gasteiger partial charge in [-0.1, -0.05) is 17.7 Å². The standard InChI is InChI=1S/C9H8BrClO3S/c1-15(13,14)5-8(12)6-3-2-4-7(10)9(6)11/h2-4H,5H2,1H3. The number of Topliss-reactive ketones (excluding diaryl/α,β-unsaturated/α-hetero) is 1. The number of carbonyl (C=O) groups is 1. The minimum absolute atomic E-state index is 0.219. The molecule has 0 radical (unpaired) electrons. The first kappa shape index (κ1) is 12.7. The number of halogens is 2. The topological polar surface area (TPSA) is 51.2 Å². The molecule has 0 amide bonds. The Morgan fingerprint density at radius 2 is 2.07 bits per heavy atom. The molecule has 15 heavy (non-hydrogen) atoms. The van der Waals surface area contributed by atoms with Crippen molar-refractivity contribution in [1.29, 1.82) is 0 Å². The molecule has 0 aliphatic carbocycles. The number of carbonyl (C=O) groups excluding carboxylic acids is 1. The van der Waals surface area contributed by atoms with E-state index >= 15 is 0 Å². The van der Waals surface area contributed by atoms with E-state index in [1.165, 1.54) is 6.07 Å². The molecular formula is C9H8BrClO3S. The van der Waals surface area contributed by atoms with Gasteiger partial charge in [-0.3, -0.25) is 4.79 Å². The van der Waals surface area contributed by atoms with E-state index < -0.39 is 21.4 Å². The van der Waals surface area contributed by atoms with E-state index in [0.29, 0.717) is 4.47 Å². The monoisotopic (exact) mass is 310 g/mol. The minimum atomic E-state index is -3.32. The Balaban J connectivity index is 3.08. The summed E-state index contributed by atoms with van der Waals surface area (Å²) in [4.78, 5) is 11.5. The molecule has 0 saturated heterocycles. The van der Waals surface area contributed by atoms with Crippen molar-refractivity contribution in [2.45, 2.75) is 0 Å². The average Bonchev–Trinajstić information content (AvgIpc) is 2.06. The molecule has 0 aliphatic heterocycles. The van der Waals surface area contributed by atoms with E-state index in [9.17, 15) is 13.2 Å². The molecule has 0 bridgehead atoms. The number of hydrogen-bond donors (Lipinski definition) is 0.